The van der Waals surface area contributed by atoms with Gasteiger partial charge in [-0.05, 0) is 42.4 Å². The van der Waals surface area contributed by atoms with Crippen LogP contribution in [0.3, 0.4) is 0 Å². The Labute approximate surface area is 185 Å². The Balaban J connectivity index is 1.48. The van der Waals surface area contributed by atoms with Gasteiger partial charge < -0.3 is 19.9 Å². The average Bonchev–Trinajstić information content (AvgIpc) is 3.22. The highest BCUT2D eigenvalue weighted by Gasteiger charge is 2.34. The number of carbonyl (C=O) groups excluding carboxylic acids is 1. The van der Waals surface area contributed by atoms with Crippen LogP contribution in [0, 0.1) is 5.41 Å². The number of hydrogen-bond acceptors (Lipinski definition) is 3. The fraction of sp³-hybridized carbons (Fsp3) is 0.652. The standard InChI is InChI=1S/C23H35ClN4O2/c1-25-22(26-18-23(10-15-30-2)8-3-4-9-23)28-13-11-27(12-14-28)21(29)17-19-6-5-7-20(24)16-19/h5-7,16H,3-4,8-15,17-18H2,1-2H3,(H,25,26). The highest BCUT2D eigenvalue weighted by atomic mass is 35.5. The number of ether oxygens (including phenoxy) is 1. The molecule has 7 heteroatoms. The van der Waals surface area contributed by atoms with Crippen molar-refractivity contribution in [3.05, 3.63) is 34.9 Å². The molecule has 1 saturated carbocycles. The zero-order valence-corrected chi connectivity index (χ0v) is 19.1. The lowest BCUT2D eigenvalue weighted by Crippen LogP contribution is -2.55. The minimum absolute atomic E-state index is 0.157. The fourth-order valence-corrected chi connectivity index (χ4v) is 4.87. The van der Waals surface area contributed by atoms with Crippen molar-refractivity contribution in [3.63, 3.8) is 0 Å². The number of benzene rings is 1. The number of hydrogen-bond donors (Lipinski definition) is 1. The summed E-state index contributed by atoms with van der Waals surface area (Å²) in [4.78, 5) is 21.4. The van der Waals surface area contributed by atoms with E-state index in [4.69, 9.17) is 16.3 Å². The van der Waals surface area contributed by atoms with Crippen LogP contribution in [-0.4, -0.2) is 75.2 Å². The SMILES string of the molecule is CN=C(NCC1(CCOC)CCCC1)N1CCN(C(=O)Cc2cccc(Cl)c2)CC1. The average molecular weight is 435 g/mol. The van der Waals surface area contributed by atoms with E-state index in [2.05, 4.69) is 15.2 Å². The summed E-state index contributed by atoms with van der Waals surface area (Å²) in [6.45, 7) is 4.78. The van der Waals surface area contributed by atoms with Gasteiger partial charge in [-0.1, -0.05) is 36.6 Å². The van der Waals surface area contributed by atoms with Crippen LogP contribution in [0.1, 0.15) is 37.7 Å². The van der Waals surface area contributed by atoms with Gasteiger partial charge in [0.05, 0.1) is 6.42 Å². The molecule has 1 aliphatic carbocycles. The molecule has 1 heterocycles. The van der Waals surface area contributed by atoms with E-state index in [0.29, 0.717) is 16.9 Å². The number of nitrogens with one attached hydrogen (secondary N) is 1. The van der Waals surface area contributed by atoms with Gasteiger partial charge in [0.15, 0.2) is 5.96 Å². The predicted molar refractivity (Wildman–Crippen MR) is 122 cm³/mol. The van der Waals surface area contributed by atoms with Crippen molar-refractivity contribution in [2.45, 2.75) is 38.5 Å². The van der Waals surface area contributed by atoms with Crippen molar-refractivity contribution in [2.24, 2.45) is 10.4 Å². The van der Waals surface area contributed by atoms with Gasteiger partial charge in [-0.15, -0.1) is 0 Å². The molecule has 1 N–H and O–H groups in total. The molecule has 0 aromatic heterocycles. The molecule has 3 rings (SSSR count). The lowest BCUT2D eigenvalue weighted by molar-refractivity contribution is -0.131. The van der Waals surface area contributed by atoms with Crippen LogP contribution in [0.5, 0.6) is 0 Å². The van der Waals surface area contributed by atoms with E-state index in [1.165, 1.54) is 25.7 Å². The molecule has 0 atom stereocenters. The Hall–Kier alpha value is -1.79. The lowest BCUT2D eigenvalue weighted by Gasteiger charge is -2.38. The molecule has 166 valence electrons. The highest BCUT2D eigenvalue weighted by molar-refractivity contribution is 6.30. The first-order chi connectivity index (χ1) is 14.5. The number of amides is 1. The molecule has 6 nitrogen and oxygen atoms in total. The van der Waals surface area contributed by atoms with Gasteiger partial charge >= 0.3 is 0 Å². The first-order valence-electron chi connectivity index (χ1n) is 11.0. The minimum Gasteiger partial charge on any atom is -0.385 e. The molecule has 1 aliphatic heterocycles. The number of nitrogens with zero attached hydrogens (tertiary/aromatic N) is 3. The molecular weight excluding hydrogens is 400 g/mol. The van der Waals surface area contributed by atoms with Gasteiger partial charge in [0.2, 0.25) is 5.91 Å². The molecule has 2 fully saturated rings. The molecule has 0 spiro atoms. The Morgan fingerprint density at radius 3 is 2.53 bits per heavy atom. The maximum absolute atomic E-state index is 12.7. The van der Waals surface area contributed by atoms with Crippen LogP contribution in [0.15, 0.2) is 29.3 Å². The number of piperazine rings is 1. The van der Waals surface area contributed by atoms with Crippen LogP contribution < -0.4 is 5.32 Å². The van der Waals surface area contributed by atoms with Crippen molar-refractivity contribution in [3.8, 4) is 0 Å². The summed E-state index contributed by atoms with van der Waals surface area (Å²) in [6.07, 6.45) is 6.61. The van der Waals surface area contributed by atoms with E-state index < -0.39 is 0 Å². The summed E-state index contributed by atoms with van der Waals surface area (Å²) in [5.74, 6) is 1.10. The number of halogens is 1. The van der Waals surface area contributed by atoms with Crippen LogP contribution in [0.2, 0.25) is 5.02 Å². The molecule has 1 amide bonds. The van der Waals surface area contributed by atoms with E-state index in [-0.39, 0.29) is 5.91 Å². The first kappa shape index (κ1) is 22.9. The zero-order chi connectivity index (χ0) is 21.4. The number of carbonyl (C=O) groups is 1. The van der Waals surface area contributed by atoms with Crippen molar-refractivity contribution < 1.29 is 9.53 Å². The van der Waals surface area contributed by atoms with Crippen molar-refractivity contribution in [1.82, 2.24) is 15.1 Å². The Morgan fingerprint density at radius 2 is 1.90 bits per heavy atom. The van der Waals surface area contributed by atoms with E-state index in [9.17, 15) is 4.79 Å². The molecule has 0 bridgehead atoms. The largest absolute Gasteiger partial charge is 0.385 e. The van der Waals surface area contributed by atoms with Gasteiger partial charge in [0.25, 0.3) is 0 Å². The molecule has 1 aromatic rings. The van der Waals surface area contributed by atoms with Gasteiger partial charge in [-0.2, -0.15) is 0 Å². The van der Waals surface area contributed by atoms with Crippen molar-refractivity contribution in [2.75, 3.05) is 53.5 Å². The minimum atomic E-state index is 0.157. The highest BCUT2D eigenvalue weighted by Crippen LogP contribution is 2.40. The topological polar surface area (TPSA) is 57.2 Å². The number of guanidine groups is 1. The van der Waals surface area contributed by atoms with E-state index in [0.717, 1.165) is 57.3 Å². The summed E-state index contributed by atoms with van der Waals surface area (Å²) in [5.41, 5.74) is 1.28. The van der Waals surface area contributed by atoms with E-state index in [1.54, 1.807) is 7.11 Å². The fourth-order valence-electron chi connectivity index (χ4n) is 4.66. The molecule has 2 aliphatic rings. The first-order valence-corrected chi connectivity index (χ1v) is 11.4. The van der Waals surface area contributed by atoms with E-state index >= 15 is 0 Å². The van der Waals surface area contributed by atoms with Crippen LogP contribution in [0.4, 0.5) is 0 Å². The second-order valence-electron chi connectivity index (χ2n) is 8.53. The van der Waals surface area contributed by atoms with Gasteiger partial charge in [0, 0.05) is 58.5 Å². The molecular formula is C23H35ClN4O2. The third kappa shape index (κ3) is 6.11. The monoisotopic (exact) mass is 434 g/mol. The zero-order valence-electron chi connectivity index (χ0n) is 18.3. The Morgan fingerprint density at radius 1 is 1.20 bits per heavy atom. The van der Waals surface area contributed by atoms with Gasteiger partial charge in [-0.25, -0.2) is 0 Å². The van der Waals surface area contributed by atoms with Crippen LogP contribution in [0.25, 0.3) is 0 Å². The Bertz CT molecular complexity index is 726. The Kier molecular flexibility index (Phi) is 8.40. The van der Waals surface area contributed by atoms with Crippen molar-refractivity contribution in [1.29, 1.82) is 0 Å². The molecule has 0 radical (unpaired) electrons. The maximum Gasteiger partial charge on any atom is 0.227 e. The predicted octanol–water partition coefficient (Wildman–Crippen LogP) is 3.20. The second kappa shape index (κ2) is 11.0. The summed E-state index contributed by atoms with van der Waals surface area (Å²) in [6, 6.07) is 7.54. The summed E-state index contributed by atoms with van der Waals surface area (Å²) < 4.78 is 5.35. The third-order valence-electron chi connectivity index (χ3n) is 6.51. The number of aliphatic imine (C=N–C) groups is 1. The maximum atomic E-state index is 12.7. The summed E-state index contributed by atoms with van der Waals surface area (Å²) in [5, 5.41) is 4.29. The quantitative estimate of drug-likeness (QED) is 0.529. The summed E-state index contributed by atoms with van der Waals surface area (Å²) >= 11 is 6.04. The van der Waals surface area contributed by atoms with E-state index in [1.807, 2.05) is 36.2 Å². The summed E-state index contributed by atoms with van der Waals surface area (Å²) in [7, 11) is 3.62. The van der Waals surface area contributed by atoms with Crippen LogP contribution >= 0.6 is 11.6 Å². The smallest absolute Gasteiger partial charge is 0.227 e. The molecule has 1 saturated heterocycles. The van der Waals surface area contributed by atoms with Crippen LogP contribution in [-0.2, 0) is 16.0 Å². The normalized spacial score (nSPS) is 19.2. The van der Waals surface area contributed by atoms with Gasteiger partial charge in [0.1, 0.15) is 0 Å². The second-order valence-corrected chi connectivity index (χ2v) is 8.96. The third-order valence-corrected chi connectivity index (χ3v) is 6.75. The molecule has 1 aromatic carbocycles. The molecule has 30 heavy (non-hydrogen) atoms. The van der Waals surface area contributed by atoms with Crippen molar-refractivity contribution >= 4 is 23.5 Å². The number of methoxy groups -OCH3 is 1. The molecule has 0 unspecified atom stereocenters. The lowest BCUT2D eigenvalue weighted by atomic mass is 9.83. The van der Waals surface area contributed by atoms with Gasteiger partial charge in [-0.3, -0.25) is 9.79 Å². The number of rotatable bonds is 7.